The van der Waals surface area contributed by atoms with Gasteiger partial charge in [0.25, 0.3) is 0 Å². The Morgan fingerprint density at radius 2 is 2.24 bits per heavy atom. The molecule has 1 saturated heterocycles. The van der Waals surface area contributed by atoms with Crippen molar-refractivity contribution in [3.63, 3.8) is 0 Å². The van der Waals surface area contributed by atoms with Crippen LogP contribution >= 0.6 is 11.8 Å². The normalized spacial score (nSPS) is 20.4. The van der Waals surface area contributed by atoms with Crippen molar-refractivity contribution < 1.29 is 0 Å². The summed E-state index contributed by atoms with van der Waals surface area (Å²) in [6.45, 7) is 10.5. The molecule has 1 fully saturated rings. The second-order valence-corrected chi connectivity index (χ2v) is 8.57. The molecule has 0 saturated carbocycles. The van der Waals surface area contributed by atoms with Crippen LogP contribution < -0.4 is 5.32 Å². The van der Waals surface area contributed by atoms with Gasteiger partial charge in [0.2, 0.25) is 0 Å². The Bertz CT molecular complexity index is 554. The van der Waals surface area contributed by atoms with Crippen molar-refractivity contribution in [1.82, 2.24) is 24.9 Å². The summed E-state index contributed by atoms with van der Waals surface area (Å²) in [4.78, 5) is 9.63. The van der Waals surface area contributed by atoms with Crippen molar-refractivity contribution in [2.24, 2.45) is 18.0 Å². The summed E-state index contributed by atoms with van der Waals surface area (Å²) in [6.07, 6.45) is 4.03. The number of aliphatic imine (C=N–C) groups is 1. The van der Waals surface area contributed by atoms with Crippen LogP contribution in [0.3, 0.4) is 0 Å². The maximum absolute atomic E-state index is 4.98. The van der Waals surface area contributed by atoms with Gasteiger partial charge in [-0.25, -0.2) is 0 Å². The first-order valence-electron chi connectivity index (χ1n) is 9.22. The molecule has 7 heteroatoms. The van der Waals surface area contributed by atoms with Gasteiger partial charge in [-0.05, 0) is 26.9 Å². The zero-order valence-corrected chi connectivity index (χ0v) is 17.4. The molecule has 0 radical (unpaired) electrons. The SMILES string of the molecule is CCNC(=NCC(c1cnn(C)c1)N(C)C)N1CCSC(C(C)C)C1. The number of guanidine groups is 1. The van der Waals surface area contributed by atoms with Crippen molar-refractivity contribution in [2.45, 2.75) is 32.1 Å². The standard InChI is InChI=1S/C18H34N6S/c1-7-19-18(24-8-9-25-17(13-24)14(2)3)20-11-16(22(4)5)15-10-21-23(6)12-15/h10,12,14,16-17H,7-9,11,13H2,1-6H3,(H,19,20). The number of rotatable bonds is 6. The van der Waals surface area contributed by atoms with E-state index in [9.17, 15) is 0 Å². The molecule has 25 heavy (non-hydrogen) atoms. The average Bonchev–Trinajstić information content (AvgIpc) is 3.00. The van der Waals surface area contributed by atoms with Crippen LogP contribution in [0.4, 0.5) is 0 Å². The Labute approximate surface area is 157 Å². The van der Waals surface area contributed by atoms with E-state index < -0.39 is 0 Å². The Kier molecular flexibility index (Phi) is 7.62. The van der Waals surface area contributed by atoms with Crippen LogP contribution in [0, 0.1) is 5.92 Å². The Balaban J connectivity index is 2.11. The quantitative estimate of drug-likeness (QED) is 0.617. The fourth-order valence-electron chi connectivity index (χ4n) is 3.05. The van der Waals surface area contributed by atoms with Crippen molar-refractivity contribution in [3.8, 4) is 0 Å². The number of aryl methyl sites for hydroxylation is 1. The molecule has 6 nitrogen and oxygen atoms in total. The van der Waals surface area contributed by atoms with Gasteiger partial charge in [-0.2, -0.15) is 16.9 Å². The summed E-state index contributed by atoms with van der Waals surface area (Å²) in [6, 6.07) is 0.238. The van der Waals surface area contributed by atoms with Crippen LogP contribution in [0.1, 0.15) is 32.4 Å². The van der Waals surface area contributed by atoms with E-state index in [4.69, 9.17) is 4.99 Å². The fourth-order valence-corrected chi connectivity index (χ4v) is 4.35. The third kappa shape index (κ3) is 5.64. The maximum Gasteiger partial charge on any atom is 0.194 e. The first-order chi connectivity index (χ1) is 11.9. The van der Waals surface area contributed by atoms with Crippen LogP contribution in [0.2, 0.25) is 0 Å². The maximum atomic E-state index is 4.98. The van der Waals surface area contributed by atoms with E-state index >= 15 is 0 Å². The Morgan fingerprint density at radius 3 is 2.80 bits per heavy atom. The van der Waals surface area contributed by atoms with Gasteiger partial charge in [0.15, 0.2) is 5.96 Å². The number of aromatic nitrogens is 2. The molecule has 1 N–H and O–H groups in total. The van der Waals surface area contributed by atoms with E-state index in [1.807, 2.05) is 17.9 Å². The van der Waals surface area contributed by atoms with Crippen LogP contribution in [0.15, 0.2) is 17.4 Å². The molecular weight excluding hydrogens is 332 g/mol. The van der Waals surface area contributed by atoms with Gasteiger partial charge >= 0.3 is 0 Å². The molecule has 2 atom stereocenters. The molecule has 0 spiro atoms. The Morgan fingerprint density at radius 1 is 1.48 bits per heavy atom. The monoisotopic (exact) mass is 366 g/mol. The minimum absolute atomic E-state index is 0.238. The van der Waals surface area contributed by atoms with Gasteiger partial charge in [0, 0.05) is 49.4 Å². The van der Waals surface area contributed by atoms with Gasteiger partial charge in [-0.3, -0.25) is 9.67 Å². The molecule has 1 aliphatic heterocycles. The number of hydrogen-bond donors (Lipinski definition) is 1. The highest BCUT2D eigenvalue weighted by molar-refractivity contribution is 8.00. The van der Waals surface area contributed by atoms with E-state index in [0.29, 0.717) is 11.2 Å². The largest absolute Gasteiger partial charge is 0.357 e. The van der Waals surface area contributed by atoms with Crippen LogP contribution in [0.5, 0.6) is 0 Å². The van der Waals surface area contributed by atoms with Gasteiger partial charge in [0.05, 0.1) is 18.8 Å². The summed E-state index contributed by atoms with van der Waals surface area (Å²) in [5.74, 6) is 2.91. The van der Waals surface area contributed by atoms with Crippen LogP contribution in [0.25, 0.3) is 0 Å². The zero-order valence-electron chi connectivity index (χ0n) is 16.6. The molecular formula is C18H34N6S. The third-order valence-electron chi connectivity index (χ3n) is 4.62. The number of thioether (sulfide) groups is 1. The summed E-state index contributed by atoms with van der Waals surface area (Å²) < 4.78 is 1.86. The van der Waals surface area contributed by atoms with Crippen molar-refractivity contribution in [2.75, 3.05) is 46.0 Å². The average molecular weight is 367 g/mol. The molecule has 0 aromatic carbocycles. The summed E-state index contributed by atoms with van der Waals surface area (Å²) in [5, 5.41) is 8.49. The van der Waals surface area contributed by atoms with E-state index in [1.165, 1.54) is 11.3 Å². The fraction of sp³-hybridized carbons (Fsp3) is 0.778. The number of nitrogens with zero attached hydrogens (tertiary/aromatic N) is 5. The topological polar surface area (TPSA) is 48.7 Å². The van der Waals surface area contributed by atoms with Gasteiger partial charge in [0.1, 0.15) is 0 Å². The number of hydrogen-bond acceptors (Lipinski definition) is 4. The van der Waals surface area contributed by atoms with E-state index in [1.54, 1.807) is 0 Å². The molecule has 1 aliphatic rings. The lowest BCUT2D eigenvalue weighted by Gasteiger charge is -2.36. The molecule has 1 aromatic rings. The lowest BCUT2D eigenvalue weighted by atomic mass is 10.1. The number of likely N-dealkylation sites (N-methyl/N-ethyl adjacent to an activating group) is 1. The lowest BCUT2D eigenvalue weighted by molar-refractivity contribution is 0.304. The second kappa shape index (κ2) is 9.48. The molecule has 142 valence electrons. The van der Waals surface area contributed by atoms with Crippen molar-refractivity contribution in [3.05, 3.63) is 18.0 Å². The second-order valence-electron chi connectivity index (χ2n) is 7.22. The predicted molar refractivity (Wildman–Crippen MR) is 108 cm³/mol. The molecule has 0 amide bonds. The Hall–Kier alpha value is -1.21. The van der Waals surface area contributed by atoms with Crippen LogP contribution in [-0.4, -0.2) is 76.8 Å². The van der Waals surface area contributed by atoms with Gasteiger partial charge in [-0.15, -0.1) is 0 Å². The molecule has 1 aromatic heterocycles. The smallest absolute Gasteiger partial charge is 0.194 e. The van der Waals surface area contributed by atoms with Gasteiger partial charge in [-0.1, -0.05) is 13.8 Å². The highest BCUT2D eigenvalue weighted by Crippen LogP contribution is 2.25. The van der Waals surface area contributed by atoms with E-state index in [-0.39, 0.29) is 6.04 Å². The van der Waals surface area contributed by atoms with Crippen molar-refractivity contribution in [1.29, 1.82) is 0 Å². The first kappa shape index (κ1) is 20.1. The zero-order chi connectivity index (χ0) is 18.4. The van der Waals surface area contributed by atoms with Crippen molar-refractivity contribution >= 4 is 17.7 Å². The lowest BCUT2D eigenvalue weighted by Crippen LogP contribution is -2.49. The van der Waals surface area contributed by atoms with E-state index in [2.05, 4.69) is 73.0 Å². The first-order valence-corrected chi connectivity index (χ1v) is 10.3. The highest BCUT2D eigenvalue weighted by atomic mass is 32.2. The van der Waals surface area contributed by atoms with Gasteiger partial charge < -0.3 is 15.1 Å². The minimum Gasteiger partial charge on any atom is -0.357 e. The molecule has 2 unspecified atom stereocenters. The molecule has 0 aliphatic carbocycles. The summed E-state index contributed by atoms with van der Waals surface area (Å²) in [7, 11) is 6.17. The molecule has 2 rings (SSSR count). The summed E-state index contributed by atoms with van der Waals surface area (Å²) >= 11 is 2.10. The molecule has 0 bridgehead atoms. The highest BCUT2D eigenvalue weighted by Gasteiger charge is 2.25. The third-order valence-corrected chi connectivity index (χ3v) is 6.16. The number of nitrogens with one attached hydrogen (secondary N) is 1. The minimum atomic E-state index is 0.238. The predicted octanol–water partition coefficient (Wildman–Crippen LogP) is 2.06. The van der Waals surface area contributed by atoms with E-state index in [0.717, 1.165) is 32.1 Å². The summed E-state index contributed by atoms with van der Waals surface area (Å²) in [5.41, 5.74) is 1.21. The van der Waals surface area contributed by atoms with Crippen LogP contribution in [-0.2, 0) is 7.05 Å². The molecule has 2 heterocycles.